The molecule has 0 saturated heterocycles. The fourth-order valence-electron chi connectivity index (χ4n) is 2.55. The molecule has 0 aliphatic carbocycles. The Morgan fingerprint density at radius 3 is 2.76 bits per heavy atom. The Bertz CT molecular complexity index is 513. The monoisotopic (exact) mass is 244 g/mol. The van der Waals surface area contributed by atoms with Crippen LogP contribution in [0, 0.1) is 0 Å². The standard InChI is InChI=1S/C15H16OS/c1-15(2)10-12(14-8-5-9-17-14)11-6-3-4-7-13(11)16-15/h3-9,12H,10H2,1-2H3. The smallest absolute Gasteiger partial charge is 0.123 e. The molecule has 0 radical (unpaired) electrons. The number of benzene rings is 1. The third kappa shape index (κ3) is 1.98. The quantitative estimate of drug-likeness (QED) is 0.720. The SMILES string of the molecule is CC1(C)CC(c2cccs2)c2ccccc2O1. The summed E-state index contributed by atoms with van der Waals surface area (Å²) in [6.07, 6.45) is 1.05. The van der Waals surface area contributed by atoms with Crippen LogP contribution in [0.3, 0.4) is 0 Å². The van der Waals surface area contributed by atoms with Crippen LogP contribution in [-0.2, 0) is 0 Å². The lowest BCUT2D eigenvalue weighted by atomic mass is 9.83. The fraction of sp³-hybridized carbons (Fsp3) is 0.333. The zero-order valence-corrected chi connectivity index (χ0v) is 11.0. The maximum atomic E-state index is 6.05. The lowest BCUT2D eigenvalue weighted by molar-refractivity contribution is 0.0779. The minimum Gasteiger partial charge on any atom is -0.488 e. The first-order valence-corrected chi connectivity index (χ1v) is 6.85. The molecule has 1 aromatic heterocycles. The average molecular weight is 244 g/mol. The number of hydrogen-bond acceptors (Lipinski definition) is 2. The molecule has 0 spiro atoms. The largest absolute Gasteiger partial charge is 0.488 e. The first kappa shape index (κ1) is 10.8. The molecule has 1 atom stereocenters. The normalized spacial score (nSPS) is 21.6. The number of ether oxygens (including phenoxy) is 1. The van der Waals surface area contributed by atoms with Crippen molar-refractivity contribution in [3.05, 3.63) is 52.2 Å². The van der Waals surface area contributed by atoms with E-state index in [2.05, 4.69) is 49.6 Å². The van der Waals surface area contributed by atoms with E-state index in [-0.39, 0.29) is 5.60 Å². The summed E-state index contributed by atoms with van der Waals surface area (Å²) in [5.41, 5.74) is 1.25. The van der Waals surface area contributed by atoms with Gasteiger partial charge in [-0.15, -0.1) is 11.3 Å². The Kier molecular flexibility index (Phi) is 2.48. The minimum absolute atomic E-state index is 0.0803. The summed E-state index contributed by atoms with van der Waals surface area (Å²) >= 11 is 1.84. The molecule has 1 nitrogen and oxygen atoms in total. The van der Waals surface area contributed by atoms with Crippen molar-refractivity contribution in [2.45, 2.75) is 31.8 Å². The van der Waals surface area contributed by atoms with Gasteiger partial charge in [-0.05, 0) is 37.8 Å². The van der Waals surface area contributed by atoms with Crippen LogP contribution in [-0.4, -0.2) is 5.60 Å². The van der Waals surface area contributed by atoms with E-state index < -0.39 is 0 Å². The van der Waals surface area contributed by atoms with Gasteiger partial charge in [0.2, 0.25) is 0 Å². The van der Waals surface area contributed by atoms with Crippen LogP contribution in [0.4, 0.5) is 0 Å². The van der Waals surface area contributed by atoms with Crippen LogP contribution in [0.5, 0.6) is 5.75 Å². The van der Waals surface area contributed by atoms with Gasteiger partial charge in [-0.3, -0.25) is 0 Å². The Morgan fingerprint density at radius 2 is 2.00 bits per heavy atom. The van der Waals surface area contributed by atoms with Crippen LogP contribution in [0.15, 0.2) is 41.8 Å². The number of fused-ring (bicyclic) bond motifs is 1. The second kappa shape index (κ2) is 3.88. The number of hydrogen-bond donors (Lipinski definition) is 0. The zero-order chi connectivity index (χ0) is 11.9. The second-order valence-electron chi connectivity index (χ2n) is 5.17. The molecule has 2 aromatic rings. The van der Waals surface area contributed by atoms with Gasteiger partial charge in [-0.1, -0.05) is 24.3 Å². The van der Waals surface area contributed by atoms with Crippen molar-refractivity contribution in [1.29, 1.82) is 0 Å². The van der Waals surface area contributed by atoms with Crippen molar-refractivity contribution in [3.8, 4) is 5.75 Å². The maximum absolute atomic E-state index is 6.05. The van der Waals surface area contributed by atoms with E-state index in [1.54, 1.807) is 0 Å². The van der Waals surface area contributed by atoms with Crippen molar-refractivity contribution < 1.29 is 4.74 Å². The average Bonchev–Trinajstić information content (AvgIpc) is 2.80. The molecule has 1 unspecified atom stereocenters. The molecule has 0 N–H and O–H groups in total. The Hall–Kier alpha value is -1.28. The van der Waals surface area contributed by atoms with Gasteiger partial charge < -0.3 is 4.74 Å². The van der Waals surface area contributed by atoms with E-state index in [0.29, 0.717) is 5.92 Å². The molecule has 1 aliphatic heterocycles. The number of para-hydroxylation sites is 1. The second-order valence-corrected chi connectivity index (χ2v) is 6.15. The number of thiophene rings is 1. The van der Waals surface area contributed by atoms with Crippen molar-refractivity contribution in [2.75, 3.05) is 0 Å². The summed E-state index contributed by atoms with van der Waals surface area (Å²) in [6.45, 7) is 4.34. The highest BCUT2D eigenvalue weighted by Crippen LogP contribution is 2.45. The summed E-state index contributed by atoms with van der Waals surface area (Å²) in [5.74, 6) is 1.53. The highest BCUT2D eigenvalue weighted by atomic mass is 32.1. The zero-order valence-electron chi connectivity index (χ0n) is 10.1. The number of rotatable bonds is 1. The van der Waals surface area contributed by atoms with Crippen LogP contribution >= 0.6 is 11.3 Å². The summed E-state index contributed by atoms with van der Waals surface area (Å²) in [7, 11) is 0. The third-order valence-electron chi connectivity index (χ3n) is 3.26. The Labute approximate surface area is 106 Å². The lowest BCUT2D eigenvalue weighted by Gasteiger charge is -2.37. The summed E-state index contributed by atoms with van der Waals surface area (Å²) in [6, 6.07) is 12.8. The van der Waals surface area contributed by atoms with E-state index in [9.17, 15) is 0 Å². The van der Waals surface area contributed by atoms with Gasteiger partial charge in [0.25, 0.3) is 0 Å². The third-order valence-corrected chi connectivity index (χ3v) is 4.25. The molecule has 3 rings (SSSR count). The molecule has 0 saturated carbocycles. The molecular weight excluding hydrogens is 228 g/mol. The van der Waals surface area contributed by atoms with Crippen molar-refractivity contribution in [2.24, 2.45) is 0 Å². The van der Waals surface area contributed by atoms with Gasteiger partial charge in [-0.2, -0.15) is 0 Å². The molecule has 0 bridgehead atoms. The summed E-state index contributed by atoms with van der Waals surface area (Å²) in [5, 5.41) is 2.15. The minimum atomic E-state index is -0.0803. The summed E-state index contributed by atoms with van der Waals surface area (Å²) in [4.78, 5) is 1.44. The first-order valence-electron chi connectivity index (χ1n) is 5.97. The highest BCUT2D eigenvalue weighted by molar-refractivity contribution is 7.10. The molecule has 17 heavy (non-hydrogen) atoms. The molecule has 1 aliphatic rings. The van der Waals surface area contributed by atoms with E-state index in [1.807, 2.05) is 17.4 Å². The van der Waals surface area contributed by atoms with Gasteiger partial charge in [0.1, 0.15) is 11.4 Å². The first-order chi connectivity index (χ1) is 8.16. The molecule has 2 heteroatoms. The topological polar surface area (TPSA) is 9.23 Å². The van der Waals surface area contributed by atoms with Crippen LogP contribution in [0.25, 0.3) is 0 Å². The summed E-state index contributed by atoms with van der Waals surface area (Å²) < 4.78 is 6.05. The van der Waals surface area contributed by atoms with E-state index in [4.69, 9.17) is 4.74 Å². The maximum Gasteiger partial charge on any atom is 0.123 e. The fourth-order valence-corrected chi connectivity index (χ4v) is 3.39. The van der Waals surface area contributed by atoms with Gasteiger partial charge in [0.15, 0.2) is 0 Å². The van der Waals surface area contributed by atoms with Crippen LogP contribution in [0.2, 0.25) is 0 Å². The van der Waals surface area contributed by atoms with Crippen molar-refractivity contribution in [1.82, 2.24) is 0 Å². The van der Waals surface area contributed by atoms with Crippen LogP contribution < -0.4 is 4.74 Å². The van der Waals surface area contributed by atoms with Gasteiger partial charge in [0, 0.05) is 16.4 Å². The van der Waals surface area contributed by atoms with E-state index in [0.717, 1.165) is 12.2 Å². The highest BCUT2D eigenvalue weighted by Gasteiger charge is 2.34. The molecule has 0 amide bonds. The van der Waals surface area contributed by atoms with E-state index in [1.165, 1.54) is 10.4 Å². The molecule has 0 fully saturated rings. The van der Waals surface area contributed by atoms with Gasteiger partial charge in [0.05, 0.1) is 0 Å². The molecule has 2 heterocycles. The molecular formula is C15H16OS. The lowest BCUT2D eigenvalue weighted by Crippen LogP contribution is -2.34. The van der Waals surface area contributed by atoms with E-state index >= 15 is 0 Å². The van der Waals surface area contributed by atoms with Crippen molar-refractivity contribution >= 4 is 11.3 Å². The predicted octanol–water partition coefficient (Wildman–Crippen LogP) is 4.44. The van der Waals surface area contributed by atoms with Gasteiger partial charge >= 0.3 is 0 Å². The predicted molar refractivity (Wildman–Crippen MR) is 71.9 cm³/mol. The van der Waals surface area contributed by atoms with Gasteiger partial charge in [-0.25, -0.2) is 0 Å². The molecule has 1 aromatic carbocycles. The molecule has 88 valence electrons. The van der Waals surface area contributed by atoms with Crippen LogP contribution in [0.1, 0.15) is 36.6 Å². The Morgan fingerprint density at radius 1 is 1.18 bits per heavy atom. The Balaban J connectivity index is 2.10. The van der Waals surface area contributed by atoms with Crippen molar-refractivity contribution in [3.63, 3.8) is 0 Å².